The molecule has 0 aliphatic rings. The fraction of sp³-hybridized carbons (Fsp3) is 0.455. The number of rotatable bonds is 3. The minimum absolute atomic E-state index is 0.186. The van der Waals surface area contributed by atoms with Gasteiger partial charge in [-0.25, -0.2) is 0 Å². The van der Waals surface area contributed by atoms with Gasteiger partial charge in [0.25, 0.3) is 5.56 Å². The van der Waals surface area contributed by atoms with E-state index in [2.05, 4.69) is 0 Å². The number of aryl methyl sites for hydroxylation is 1. The smallest absolute Gasteiger partial charge is 0.253 e. The average molecular weight is 206 g/mol. The molecule has 0 bridgehead atoms. The summed E-state index contributed by atoms with van der Waals surface area (Å²) in [6.45, 7) is 4.10. The molecule has 0 radical (unpaired) electrons. The van der Waals surface area contributed by atoms with Crippen LogP contribution in [0.3, 0.4) is 0 Å². The third-order valence-corrected chi connectivity index (χ3v) is 2.33. The quantitative estimate of drug-likeness (QED) is 0.815. The molecule has 1 rings (SSSR count). The third kappa shape index (κ3) is 2.18. The monoisotopic (exact) mass is 206 g/mol. The van der Waals surface area contributed by atoms with E-state index >= 15 is 0 Å². The van der Waals surface area contributed by atoms with Gasteiger partial charge in [0, 0.05) is 12.6 Å². The first-order valence-electron chi connectivity index (χ1n) is 4.95. The van der Waals surface area contributed by atoms with Gasteiger partial charge in [0.05, 0.1) is 0 Å². The van der Waals surface area contributed by atoms with Crippen LogP contribution in [-0.2, 0) is 6.54 Å². The Balaban J connectivity index is 3.28. The second kappa shape index (κ2) is 4.65. The number of unbranched alkanes of at least 4 members (excludes halogenated alkanes) is 1. The van der Waals surface area contributed by atoms with Crippen LogP contribution >= 0.6 is 0 Å². The Labute approximate surface area is 88.4 Å². The molecule has 80 valence electrons. The molecule has 0 atom stereocenters. The number of aromatic nitrogens is 1. The molecule has 1 aromatic heterocycles. The zero-order valence-electron chi connectivity index (χ0n) is 8.95. The summed E-state index contributed by atoms with van der Waals surface area (Å²) in [5, 5.41) is 18.5. The summed E-state index contributed by atoms with van der Waals surface area (Å²) in [6, 6.07) is 3.28. The summed E-state index contributed by atoms with van der Waals surface area (Å²) in [4.78, 5) is 11.5. The Bertz CT molecular complexity index is 455. The second-order valence-corrected chi connectivity index (χ2v) is 3.48. The van der Waals surface area contributed by atoms with Gasteiger partial charge in [-0.3, -0.25) is 9.36 Å². The molecule has 1 heterocycles. The highest BCUT2D eigenvalue weighted by Gasteiger charge is 2.11. The SMILES string of the molecule is CCCCn1c(O)c(C#N)c(C)cc1=O. The summed E-state index contributed by atoms with van der Waals surface area (Å²) in [7, 11) is 0. The molecule has 0 saturated carbocycles. The first-order valence-corrected chi connectivity index (χ1v) is 4.95. The van der Waals surface area contributed by atoms with Crippen LogP contribution in [0.1, 0.15) is 30.9 Å². The lowest BCUT2D eigenvalue weighted by Crippen LogP contribution is -2.20. The number of nitrogens with zero attached hydrogens (tertiary/aromatic N) is 2. The molecule has 0 unspecified atom stereocenters. The Morgan fingerprint density at radius 2 is 2.27 bits per heavy atom. The van der Waals surface area contributed by atoms with Crippen molar-refractivity contribution in [2.24, 2.45) is 0 Å². The number of hydrogen-bond donors (Lipinski definition) is 1. The first kappa shape index (κ1) is 11.3. The van der Waals surface area contributed by atoms with Crippen molar-refractivity contribution in [1.29, 1.82) is 5.26 Å². The summed E-state index contributed by atoms with van der Waals surface area (Å²) in [5.74, 6) is -0.212. The molecule has 15 heavy (non-hydrogen) atoms. The van der Waals surface area contributed by atoms with Crippen LogP contribution in [0.15, 0.2) is 10.9 Å². The van der Waals surface area contributed by atoms with Gasteiger partial charge in [0.2, 0.25) is 5.88 Å². The van der Waals surface area contributed by atoms with Gasteiger partial charge in [-0.05, 0) is 18.9 Å². The maximum atomic E-state index is 11.5. The zero-order chi connectivity index (χ0) is 11.4. The fourth-order valence-electron chi connectivity index (χ4n) is 1.42. The molecule has 0 aromatic carbocycles. The summed E-state index contributed by atoms with van der Waals surface area (Å²) >= 11 is 0. The molecular weight excluding hydrogens is 192 g/mol. The van der Waals surface area contributed by atoms with E-state index in [1.807, 2.05) is 13.0 Å². The summed E-state index contributed by atoms with van der Waals surface area (Å²) < 4.78 is 1.25. The molecular formula is C11H14N2O2. The first-order chi connectivity index (χ1) is 7.11. The predicted octanol–water partition coefficient (Wildman–Crippen LogP) is 1.53. The maximum absolute atomic E-state index is 11.5. The fourth-order valence-corrected chi connectivity index (χ4v) is 1.42. The van der Waals surface area contributed by atoms with Crippen molar-refractivity contribution in [2.45, 2.75) is 33.2 Å². The highest BCUT2D eigenvalue weighted by molar-refractivity contribution is 5.43. The van der Waals surface area contributed by atoms with Crippen molar-refractivity contribution in [3.63, 3.8) is 0 Å². The maximum Gasteiger partial charge on any atom is 0.253 e. The van der Waals surface area contributed by atoms with Crippen molar-refractivity contribution in [3.8, 4) is 11.9 Å². The van der Waals surface area contributed by atoms with Gasteiger partial charge in [0.1, 0.15) is 11.6 Å². The molecule has 4 nitrogen and oxygen atoms in total. The Hall–Kier alpha value is -1.76. The minimum Gasteiger partial charge on any atom is -0.493 e. The second-order valence-electron chi connectivity index (χ2n) is 3.48. The largest absolute Gasteiger partial charge is 0.493 e. The van der Waals surface area contributed by atoms with Crippen LogP contribution in [0.25, 0.3) is 0 Å². The molecule has 0 fully saturated rings. The number of nitriles is 1. The highest BCUT2D eigenvalue weighted by atomic mass is 16.3. The van der Waals surface area contributed by atoms with Crippen LogP contribution in [0.4, 0.5) is 0 Å². The minimum atomic E-state index is -0.252. The number of aromatic hydroxyl groups is 1. The molecule has 0 spiro atoms. The van der Waals surface area contributed by atoms with E-state index in [1.54, 1.807) is 6.92 Å². The van der Waals surface area contributed by atoms with Crippen LogP contribution in [-0.4, -0.2) is 9.67 Å². The molecule has 0 aliphatic carbocycles. The normalized spacial score (nSPS) is 9.93. The van der Waals surface area contributed by atoms with E-state index in [4.69, 9.17) is 5.26 Å². The van der Waals surface area contributed by atoms with E-state index < -0.39 is 0 Å². The standard InChI is InChI=1S/C11H14N2O2/c1-3-4-5-13-10(14)6-8(2)9(7-12)11(13)15/h6,15H,3-5H2,1-2H3. The lowest BCUT2D eigenvalue weighted by atomic mass is 10.1. The van der Waals surface area contributed by atoms with Crippen molar-refractivity contribution in [1.82, 2.24) is 4.57 Å². The van der Waals surface area contributed by atoms with Gasteiger partial charge in [-0.2, -0.15) is 5.26 Å². The van der Waals surface area contributed by atoms with Gasteiger partial charge in [0.15, 0.2) is 0 Å². The molecule has 4 heteroatoms. The van der Waals surface area contributed by atoms with E-state index in [-0.39, 0.29) is 17.0 Å². The summed E-state index contributed by atoms with van der Waals surface area (Å²) in [5.41, 5.74) is 0.455. The van der Waals surface area contributed by atoms with Gasteiger partial charge in [-0.1, -0.05) is 13.3 Å². The average Bonchev–Trinajstić information content (AvgIpc) is 2.17. The molecule has 0 saturated heterocycles. The molecule has 0 aliphatic heterocycles. The Morgan fingerprint density at radius 3 is 2.80 bits per heavy atom. The number of hydrogen-bond acceptors (Lipinski definition) is 3. The molecule has 1 N–H and O–H groups in total. The van der Waals surface area contributed by atoms with E-state index in [0.717, 1.165) is 12.8 Å². The van der Waals surface area contributed by atoms with Crippen LogP contribution in [0.5, 0.6) is 5.88 Å². The van der Waals surface area contributed by atoms with Crippen molar-refractivity contribution in [2.75, 3.05) is 0 Å². The Morgan fingerprint density at radius 1 is 1.60 bits per heavy atom. The van der Waals surface area contributed by atoms with Crippen molar-refractivity contribution < 1.29 is 5.11 Å². The third-order valence-electron chi connectivity index (χ3n) is 2.33. The van der Waals surface area contributed by atoms with Crippen LogP contribution < -0.4 is 5.56 Å². The lowest BCUT2D eigenvalue weighted by molar-refractivity contribution is 0.399. The van der Waals surface area contributed by atoms with E-state index in [0.29, 0.717) is 12.1 Å². The van der Waals surface area contributed by atoms with Gasteiger partial charge in [-0.15, -0.1) is 0 Å². The van der Waals surface area contributed by atoms with Crippen LogP contribution in [0.2, 0.25) is 0 Å². The lowest BCUT2D eigenvalue weighted by Gasteiger charge is -2.09. The van der Waals surface area contributed by atoms with Gasteiger partial charge < -0.3 is 5.11 Å². The topological polar surface area (TPSA) is 66.0 Å². The summed E-state index contributed by atoms with van der Waals surface area (Å²) in [6.07, 6.45) is 1.74. The van der Waals surface area contributed by atoms with Gasteiger partial charge >= 0.3 is 0 Å². The zero-order valence-corrected chi connectivity index (χ0v) is 8.95. The highest BCUT2D eigenvalue weighted by Crippen LogP contribution is 2.17. The molecule has 0 amide bonds. The van der Waals surface area contributed by atoms with E-state index in [1.165, 1.54) is 10.6 Å². The van der Waals surface area contributed by atoms with E-state index in [9.17, 15) is 9.90 Å². The van der Waals surface area contributed by atoms with Crippen molar-refractivity contribution in [3.05, 3.63) is 27.5 Å². The predicted molar refractivity (Wildman–Crippen MR) is 56.7 cm³/mol. The van der Waals surface area contributed by atoms with Crippen molar-refractivity contribution >= 4 is 0 Å². The molecule has 1 aromatic rings. The van der Waals surface area contributed by atoms with Crippen LogP contribution in [0, 0.1) is 18.3 Å². The number of pyridine rings is 1. The Kier molecular flexibility index (Phi) is 3.51.